The highest BCUT2D eigenvalue weighted by molar-refractivity contribution is 7.25. The summed E-state index contributed by atoms with van der Waals surface area (Å²) < 4.78 is 4.85. The van der Waals surface area contributed by atoms with E-state index >= 15 is 0 Å². The quantitative estimate of drug-likeness (QED) is 0.181. The van der Waals surface area contributed by atoms with Gasteiger partial charge in [-0.3, -0.25) is 4.57 Å². The summed E-state index contributed by atoms with van der Waals surface area (Å²) in [6, 6.07) is 58.3. The van der Waals surface area contributed by atoms with Crippen LogP contribution in [0.15, 0.2) is 164 Å². The van der Waals surface area contributed by atoms with Crippen molar-refractivity contribution in [2.24, 2.45) is 0 Å². The van der Waals surface area contributed by atoms with Gasteiger partial charge in [0.2, 0.25) is 0 Å². The van der Waals surface area contributed by atoms with Gasteiger partial charge in [0.05, 0.1) is 22.2 Å². The normalized spacial score (nSPS) is 11.8. The maximum absolute atomic E-state index is 5.28. The van der Waals surface area contributed by atoms with Gasteiger partial charge < -0.3 is 0 Å². The molecule has 3 aromatic heterocycles. The van der Waals surface area contributed by atoms with E-state index < -0.39 is 0 Å². The molecule has 10 rings (SSSR count). The lowest BCUT2D eigenvalue weighted by Gasteiger charge is -2.13. The fourth-order valence-corrected chi connectivity index (χ4v) is 8.23. The van der Waals surface area contributed by atoms with Gasteiger partial charge in [-0.05, 0) is 71.1 Å². The molecular weight excluding hydrogens is 603 g/mol. The molecule has 3 heterocycles. The molecule has 0 saturated heterocycles. The molecule has 0 bridgehead atoms. The van der Waals surface area contributed by atoms with E-state index in [1.54, 1.807) is 0 Å². The van der Waals surface area contributed by atoms with Gasteiger partial charge >= 0.3 is 0 Å². The molecule has 3 nitrogen and oxygen atoms in total. The van der Waals surface area contributed by atoms with Crippen LogP contribution in [0.5, 0.6) is 0 Å². The van der Waals surface area contributed by atoms with Crippen LogP contribution in [0.1, 0.15) is 0 Å². The van der Waals surface area contributed by atoms with Crippen molar-refractivity contribution in [3.63, 3.8) is 0 Å². The third-order valence-corrected chi connectivity index (χ3v) is 10.5. The Morgan fingerprint density at radius 1 is 0.396 bits per heavy atom. The number of thiophene rings is 1. The van der Waals surface area contributed by atoms with Gasteiger partial charge in [0.15, 0.2) is 0 Å². The second-order valence-electron chi connectivity index (χ2n) is 12.2. The van der Waals surface area contributed by atoms with Gasteiger partial charge in [-0.25, -0.2) is 9.97 Å². The van der Waals surface area contributed by atoms with Crippen LogP contribution >= 0.6 is 11.3 Å². The van der Waals surface area contributed by atoms with Crippen LogP contribution < -0.4 is 0 Å². The predicted octanol–water partition coefficient (Wildman–Crippen LogP) is 12.1. The minimum Gasteiger partial charge on any atom is -0.292 e. The Balaban J connectivity index is 1.11. The number of imidazole rings is 1. The van der Waals surface area contributed by atoms with Gasteiger partial charge in [0.1, 0.15) is 5.82 Å². The largest absolute Gasteiger partial charge is 0.292 e. The van der Waals surface area contributed by atoms with Crippen LogP contribution in [-0.2, 0) is 0 Å². The van der Waals surface area contributed by atoms with Crippen LogP contribution in [0.4, 0.5) is 0 Å². The molecule has 0 atom stereocenters. The third-order valence-electron chi connectivity index (χ3n) is 9.39. The number of pyridine rings is 1. The van der Waals surface area contributed by atoms with E-state index in [2.05, 4.69) is 156 Å². The van der Waals surface area contributed by atoms with Crippen LogP contribution in [0, 0.1) is 0 Å². The average molecular weight is 630 g/mol. The molecule has 48 heavy (non-hydrogen) atoms. The predicted molar refractivity (Wildman–Crippen MR) is 203 cm³/mol. The van der Waals surface area contributed by atoms with Gasteiger partial charge in [-0.1, -0.05) is 109 Å². The summed E-state index contributed by atoms with van der Waals surface area (Å²) in [6.07, 6.45) is 0. The summed E-state index contributed by atoms with van der Waals surface area (Å²) in [7, 11) is 0. The number of aromatic nitrogens is 3. The fourth-order valence-electron chi connectivity index (χ4n) is 7.11. The third kappa shape index (κ3) is 4.27. The Morgan fingerprint density at radius 2 is 1.10 bits per heavy atom. The summed E-state index contributed by atoms with van der Waals surface area (Å²) in [4.78, 5) is 10.3. The molecule has 0 amide bonds. The Morgan fingerprint density at radius 3 is 1.98 bits per heavy atom. The standard InChI is InChI=1S/C44H27N3S/c1-2-11-29(12-3-1)44-46-39-18-7-8-19-40(39)47(44)32-23-21-28(22-24-32)30-13-10-14-31(25-30)43-37-27-42-36(34-16-5-9-20-41(34)48-42)26-35(37)33-15-4-6-17-38(33)45-43/h1-27H. The van der Waals surface area contributed by atoms with Crippen molar-refractivity contribution in [3.05, 3.63) is 164 Å². The Hall–Kier alpha value is -6.10. The molecule has 0 aliphatic carbocycles. The highest BCUT2D eigenvalue weighted by atomic mass is 32.1. The Labute approximate surface area is 281 Å². The maximum atomic E-state index is 5.28. The maximum Gasteiger partial charge on any atom is 0.145 e. The van der Waals surface area contributed by atoms with E-state index in [-0.39, 0.29) is 0 Å². The Kier molecular flexibility index (Phi) is 6.05. The van der Waals surface area contributed by atoms with E-state index in [1.165, 1.54) is 36.3 Å². The monoisotopic (exact) mass is 629 g/mol. The number of nitrogens with zero attached hydrogens (tertiary/aromatic N) is 3. The second-order valence-corrected chi connectivity index (χ2v) is 13.3. The molecule has 4 heteroatoms. The molecule has 0 aliphatic heterocycles. The number of rotatable bonds is 4. The number of hydrogen-bond acceptors (Lipinski definition) is 3. The first-order valence-corrected chi connectivity index (χ1v) is 17.0. The van der Waals surface area contributed by atoms with Gasteiger partial charge in [-0.2, -0.15) is 0 Å². The summed E-state index contributed by atoms with van der Waals surface area (Å²) in [5.41, 5.74) is 9.69. The second kappa shape index (κ2) is 10.7. The minimum absolute atomic E-state index is 0.938. The van der Waals surface area contributed by atoms with Crippen molar-refractivity contribution >= 4 is 64.2 Å². The zero-order valence-corrected chi connectivity index (χ0v) is 26.7. The molecule has 0 fully saturated rings. The van der Waals surface area contributed by atoms with Gasteiger partial charge in [-0.15, -0.1) is 11.3 Å². The van der Waals surface area contributed by atoms with E-state index in [0.717, 1.165) is 56.0 Å². The number of hydrogen-bond donors (Lipinski definition) is 0. The van der Waals surface area contributed by atoms with Crippen LogP contribution in [0.25, 0.3) is 92.3 Å². The molecule has 224 valence electrons. The van der Waals surface area contributed by atoms with Crippen molar-refractivity contribution in [1.82, 2.24) is 14.5 Å². The Bertz CT molecular complexity index is 2830. The van der Waals surface area contributed by atoms with Crippen molar-refractivity contribution in [2.45, 2.75) is 0 Å². The first-order valence-electron chi connectivity index (χ1n) is 16.2. The van der Waals surface area contributed by atoms with Gasteiger partial charge in [0.25, 0.3) is 0 Å². The van der Waals surface area contributed by atoms with E-state index in [0.29, 0.717) is 0 Å². The smallest absolute Gasteiger partial charge is 0.145 e. The number of para-hydroxylation sites is 3. The van der Waals surface area contributed by atoms with Crippen LogP contribution in [0.3, 0.4) is 0 Å². The lowest BCUT2D eigenvalue weighted by Crippen LogP contribution is -1.97. The van der Waals surface area contributed by atoms with E-state index in [4.69, 9.17) is 9.97 Å². The lowest BCUT2D eigenvalue weighted by atomic mass is 9.96. The highest BCUT2D eigenvalue weighted by Crippen LogP contribution is 2.41. The summed E-state index contributed by atoms with van der Waals surface area (Å²) in [5.74, 6) is 0.938. The highest BCUT2D eigenvalue weighted by Gasteiger charge is 2.16. The molecule has 7 aromatic carbocycles. The van der Waals surface area contributed by atoms with E-state index in [9.17, 15) is 0 Å². The lowest BCUT2D eigenvalue weighted by molar-refractivity contribution is 1.10. The van der Waals surface area contributed by atoms with Gasteiger partial charge in [0, 0.05) is 47.8 Å². The minimum atomic E-state index is 0.938. The van der Waals surface area contributed by atoms with Crippen molar-refractivity contribution < 1.29 is 0 Å². The molecule has 0 saturated carbocycles. The summed E-state index contributed by atoms with van der Waals surface area (Å²) >= 11 is 1.85. The topological polar surface area (TPSA) is 30.7 Å². The van der Waals surface area contributed by atoms with Crippen molar-refractivity contribution in [1.29, 1.82) is 0 Å². The average Bonchev–Trinajstić information content (AvgIpc) is 3.73. The fraction of sp³-hybridized carbons (Fsp3) is 0. The van der Waals surface area contributed by atoms with Crippen molar-refractivity contribution in [3.8, 4) is 39.5 Å². The van der Waals surface area contributed by atoms with E-state index in [1.807, 2.05) is 23.5 Å². The SMILES string of the molecule is c1ccc(-c2nc3ccccc3n2-c2ccc(-c3cccc(-c4nc5ccccc5c5cc6c(cc45)sc4ccccc46)c3)cc2)cc1. The molecular formula is C44H27N3S. The molecule has 0 unspecified atom stereocenters. The number of benzene rings is 7. The van der Waals surface area contributed by atoms with Crippen molar-refractivity contribution in [2.75, 3.05) is 0 Å². The van der Waals surface area contributed by atoms with Crippen LogP contribution in [0.2, 0.25) is 0 Å². The molecule has 0 N–H and O–H groups in total. The number of fused-ring (bicyclic) bond motifs is 7. The molecule has 10 aromatic rings. The first kappa shape index (κ1) is 27.1. The van der Waals surface area contributed by atoms with Crippen LogP contribution in [-0.4, -0.2) is 14.5 Å². The zero-order valence-electron chi connectivity index (χ0n) is 25.8. The summed E-state index contributed by atoms with van der Waals surface area (Å²) in [6.45, 7) is 0. The zero-order chi connectivity index (χ0) is 31.6. The molecule has 0 aliphatic rings. The first-order chi connectivity index (χ1) is 23.8. The molecule has 0 spiro atoms. The summed E-state index contributed by atoms with van der Waals surface area (Å²) in [5, 5.41) is 6.22. The molecule has 0 radical (unpaired) electrons.